The Kier molecular flexibility index (Phi) is 4.84. The lowest BCUT2D eigenvalue weighted by atomic mass is 9.95. The van der Waals surface area contributed by atoms with E-state index < -0.39 is 22.7 Å². The van der Waals surface area contributed by atoms with E-state index in [-0.39, 0.29) is 22.2 Å². The van der Waals surface area contributed by atoms with Crippen molar-refractivity contribution in [2.45, 2.75) is 13.0 Å². The van der Waals surface area contributed by atoms with Crippen LogP contribution >= 0.6 is 11.3 Å². The number of amides is 1. The number of aromatic nitrogens is 2. The van der Waals surface area contributed by atoms with Gasteiger partial charge in [-0.05, 0) is 24.6 Å². The van der Waals surface area contributed by atoms with Gasteiger partial charge in [-0.3, -0.25) is 24.6 Å². The maximum Gasteiger partial charge on any atom is 0.301 e. The molecule has 1 aliphatic rings. The van der Waals surface area contributed by atoms with E-state index in [0.717, 1.165) is 11.3 Å². The van der Waals surface area contributed by atoms with Gasteiger partial charge < -0.3 is 5.11 Å². The van der Waals surface area contributed by atoms with Crippen LogP contribution in [0.1, 0.15) is 22.2 Å². The summed E-state index contributed by atoms with van der Waals surface area (Å²) in [6.45, 7) is 1.71. The number of ketones is 1. The summed E-state index contributed by atoms with van der Waals surface area (Å²) in [5.74, 6) is -2.06. The molecule has 1 fully saturated rings. The first kappa shape index (κ1) is 19.4. The fraction of sp³-hybridized carbons (Fsp3) is 0.100. The van der Waals surface area contributed by atoms with Crippen molar-refractivity contribution in [1.82, 2.24) is 10.2 Å². The standard InChI is InChI=1S/C20H14N4O5S/c1-11-21-22-20(30-11)23-16(12-7-9-14(10-8-12)24(28)29)15(18(26)19(23)27)17(25)13-5-3-2-4-6-13/h2-10,16,25H,1H3/b17-15-. The van der Waals surface area contributed by atoms with Crippen LogP contribution in [0.2, 0.25) is 0 Å². The van der Waals surface area contributed by atoms with E-state index in [4.69, 9.17) is 0 Å². The van der Waals surface area contributed by atoms with Gasteiger partial charge in [-0.2, -0.15) is 0 Å². The number of carbonyl (C=O) groups excluding carboxylic acids is 2. The van der Waals surface area contributed by atoms with Gasteiger partial charge in [-0.25, -0.2) is 0 Å². The number of carbonyl (C=O) groups is 2. The van der Waals surface area contributed by atoms with E-state index in [2.05, 4.69) is 10.2 Å². The van der Waals surface area contributed by atoms with Gasteiger partial charge in [0, 0.05) is 17.7 Å². The molecule has 1 aliphatic heterocycles. The van der Waals surface area contributed by atoms with E-state index in [1.54, 1.807) is 37.3 Å². The number of hydrogen-bond donors (Lipinski definition) is 1. The largest absolute Gasteiger partial charge is 0.507 e. The number of Topliss-reactive ketones (excluding diaryl/α,β-unsaturated/α-hetero) is 1. The summed E-state index contributed by atoms with van der Waals surface area (Å²) < 4.78 is 0. The fourth-order valence-corrected chi connectivity index (χ4v) is 3.97. The monoisotopic (exact) mass is 422 g/mol. The summed E-state index contributed by atoms with van der Waals surface area (Å²) in [7, 11) is 0. The molecule has 0 saturated carbocycles. The van der Waals surface area contributed by atoms with Gasteiger partial charge in [0.25, 0.3) is 11.5 Å². The highest BCUT2D eigenvalue weighted by atomic mass is 32.1. The first-order chi connectivity index (χ1) is 14.4. The summed E-state index contributed by atoms with van der Waals surface area (Å²) in [5.41, 5.74) is 0.541. The summed E-state index contributed by atoms with van der Waals surface area (Å²) >= 11 is 1.13. The second-order valence-electron chi connectivity index (χ2n) is 6.49. The van der Waals surface area contributed by atoms with E-state index in [1.165, 1.54) is 29.2 Å². The van der Waals surface area contributed by atoms with Crippen LogP contribution in [0.4, 0.5) is 10.8 Å². The van der Waals surface area contributed by atoms with Crippen LogP contribution in [-0.2, 0) is 9.59 Å². The topological polar surface area (TPSA) is 127 Å². The molecule has 3 aromatic rings. The molecule has 4 rings (SSSR count). The normalized spacial score (nSPS) is 18.0. The number of non-ortho nitro benzene ring substituents is 1. The van der Waals surface area contributed by atoms with Crippen molar-refractivity contribution >= 4 is 39.6 Å². The Bertz CT molecular complexity index is 1190. The van der Waals surface area contributed by atoms with Crippen LogP contribution in [-0.4, -0.2) is 31.9 Å². The van der Waals surface area contributed by atoms with Crippen LogP contribution in [0.25, 0.3) is 5.76 Å². The third kappa shape index (κ3) is 3.22. The Balaban J connectivity index is 1.93. The third-order valence-corrected chi connectivity index (χ3v) is 5.47. The molecule has 1 unspecified atom stereocenters. The summed E-state index contributed by atoms with van der Waals surface area (Å²) in [4.78, 5) is 37.4. The molecular weight excluding hydrogens is 408 g/mol. The zero-order valence-corrected chi connectivity index (χ0v) is 16.4. The minimum atomic E-state index is -1.00. The molecule has 1 amide bonds. The third-order valence-electron chi connectivity index (χ3n) is 4.63. The molecule has 0 spiro atoms. The Labute approximate surface area is 174 Å². The molecule has 2 heterocycles. The van der Waals surface area contributed by atoms with E-state index in [9.17, 15) is 24.8 Å². The highest BCUT2D eigenvalue weighted by molar-refractivity contribution is 7.15. The van der Waals surface area contributed by atoms with Gasteiger partial charge in [0.2, 0.25) is 5.13 Å². The number of nitrogens with zero attached hydrogens (tertiary/aromatic N) is 4. The van der Waals surface area contributed by atoms with Gasteiger partial charge in [0.05, 0.1) is 16.5 Å². The van der Waals surface area contributed by atoms with E-state index in [1.807, 2.05) is 0 Å². The molecule has 10 heteroatoms. The van der Waals surface area contributed by atoms with Gasteiger partial charge >= 0.3 is 5.91 Å². The molecule has 150 valence electrons. The van der Waals surface area contributed by atoms with E-state index >= 15 is 0 Å². The SMILES string of the molecule is Cc1nnc(N2C(=O)C(=O)/C(=C(\O)c3ccccc3)C2c2ccc([N+](=O)[O-])cc2)s1. The van der Waals surface area contributed by atoms with Crippen LogP contribution < -0.4 is 4.90 Å². The Morgan fingerprint density at radius 1 is 1.10 bits per heavy atom. The number of benzene rings is 2. The van der Waals surface area contributed by atoms with Crippen LogP contribution in [0.5, 0.6) is 0 Å². The van der Waals surface area contributed by atoms with Crippen LogP contribution in [0.3, 0.4) is 0 Å². The molecule has 30 heavy (non-hydrogen) atoms. The number of nitro groups is 1. The molecular formula is C20H14N4O5S. The number of nitro benzene ring substituents is 1. The number of aryl methyl sites for hydroxylation is 1. The molecule has 2 aromatic carbocycles. The van der Waals surface area contributed by atoms with Crippen LogP contribution in [0.15, 0.2) is 60.2 Å². The quantitative estimate of drug-likeness (QED) is 0.224. The highest BCUT2D eigenvalue weighted by Gasteiger charge is 2.48. The maximum atomic E-state index is 12.9. The van der Waals surface area contributed by atoms with Crippen LogP contribution in [0, 0.1) is 17.0 Å². The number of aliphatic hydroxyl groups excluding tert-OH is 1. The van der Waals surface area contributed by atoms with Crippen molar-refractivity contribution in [2.24, 2.45) is 0 Å². The molecule has 1 atom stereocenters. The molecule has 0 aliphatic carbocycles. The van der Waals surface area contributed by atoms with Gasteiger partial charge in [-0.1, -0.05) is 41.7 Å². The Morgan fingerprint density at radius 2 is 1.77 bits per heavy atom. The summed E-state index contributed by atoms with van der Waals surface area (Å²) in [5, 5.41) is 30.6. The lowest BCUT2D eigenvalue weighted by molar-refractivity contribution is -0.384. The zero-order chi connectivity index (χ0) is 21.4. The average molecular weight is 422 g/mol. The second-order valence-corrected chi connectivity index (χ2v) is 7.65. The zero-order valence-electron chi connectivity index (χ0n) is 15.6. The van der Waals surface area contributed by atoms with Gasteiger partial charge in [0.15, 0.2) is 0 Å². The van der Waals surface area contributed by atoms with Crippen molar-refractivity contribution in [3.05, 3.63) is 86.4 Å². The molecule has 1 aromatic heterocycles. The van der Waals surface area contributed by atoms with E-state index in [0.29, 0.717) is 16.1 Å². The minimum absolute atomic E-state index is 0.118. The molecule has 0 bridgehead atoms. The first-order valence-electron chi connectivity index (χ1n) is 8.79. The average Bonchev–Trinajstić information content (AvgIpc) is 3.29. The van der Waals surface area contributed by atoms with Crippen molar-refractivity contribution in [3.8, 4) is 0 Å². The predicted octanol–water partition coefficient (Wildman–Crippen LogP) is 3.38. The Morgan fingerprint density at radius 3 is 2.33 bits per heavy atom. The number of anilines is 1. The summed E-state index contributed by atoms with van der Waals surface area (Å²) in [6.07, 6.45) is 0. The molecule has 1 N–H and O–H groups in total. The van der Waals surface area contributed by atoms with Crippen molar-refractivity contribution in [1.29, 1.82) is 0 Å². The molecule has 0 radical (unpaired) electrons. The predicted molar refractivity (Wildman–Crippen MR) is 109 cm³/mol. The smallest absolute Gasteiger partial charge is 0.301 e. The fourth-order valence-electron chi connectivity index (χ4n) is 3.26. The Hall–Kier alpha value is -3.92. The van der Waals surface area contributed by atoms with Gasteiger partial charge in [-0.15, -0.1) is 10.2 Å². The molecule has 9 nitrogen and oxygen atoms in total. The first-order valence-corrected chi connectivity index (χ1v) is 9.61. The number of aliphatic hydroxyl groups is 1. The van der Waals surface area contributed by atoms with Crippen molar-refractivity contribution < 1.29 is 19.6 Å². The maximum absolute atomic E-state index is 12.9. The highest BCUT2D eigenvalue weighted by Crippen LogP contribution is 2.43. The summed E-state index contributed by atoms with van der Waals surface area (Å²) in [6, 6.07) is 12.8. The lowest BCUT2D eigenvalue weighted by Gasteiger charge is -2.22. The number of rotatable bonds is 4. The van der Waals surface area contributed by atoms with Crippen molar-refractivity contribution in [2.75, 3.05) is 4.90 Å². The second kappa shape index (κ2) is 7.48. The van der Waals surface area contributed by atoms with Crippen molar-refractivity contribution in [3.63, 3.8) is 0 Å². The molecule has 1 saturated heterocycles. The lowest BCUT2D eigenvalue weighted by Crippen LogP contribution is -2.29. The number of hydrogen-bond acceptors (Lipinski definition) is 8. The van der Waals surface area contributed by atoms with Gasteiger partial charge in [0.1, 0.15) is 10.8 Å². The minimum Gasteiger partial charge on any atom is -0.507 e.